The number of hydrogen-bond donors (Lipinski definition) is 3. The van der Waals surface area contributed by atoms with Crippen molar-refractivity contribution in [1.82, 2.24) is 10.2 Å². The summed E-state index contributed by atoms with van der Waals surface area (Å²) in [5.41, 5.74) is 9.80. The maximum atomic E-state index is 11.6. The van der Waals surface area contributed by atoms with E-state index in [0.717, 1.165) is 41.1 Å². The van der Waals surface area contributed by atoms with E-state index in [2.05, 4.69) is 41.5 Å². The Morgan fingerprint density at radius 3 is 2.56 bits per heavy atom. The fourth-order valence-electron chi connectivity index (χ4n) is 4.74. The number of piperidine rings is 1. The zero-order valence-corrected chi connectivity index (χ0v) is 20.1. The molecule has 2 heterocycles. The number of nitrogens with zero attached hydrogens (tertiary/aromatic N) is 2. The Balaban J connectivity index is 1.49. The van der Waals surface area contributed by atoms with Crippen LogP contribution in [0.1, 0.15) is 42.4 Å². The van der Waals surface area contributed by atoms with E-state index in [1.54, 1.807) is 6.20 Å². The average Bonchev–Trinajstić information content (AvgIpc) is 2.83. The first-order chi connectivity index (χ1) is 16.5. The van der Waals surface area contributed by atoms with Crippen LogP contribution in [0, 0.1) is 13.8 Å². The lowest BCUT2D eigenvalue weighted by molar-refractivity contribution is -0.114. The number of nitrogens with two attached hydrogens (primary N) is 1. The quantitative estimate of drug-likeness (QED) is 0.494. The summed E-state index contributed by atoms with van der Waals surface area (Å²) < 4.78 is 6.06. The number of aryl methyl sites for hydroxylation is 2. The van der Waals surface area contributed by atoms with Gasteiger partial charge in [0.15, 0.2) is 0 Å². The van der Waals surface area contributed by atoms with Gasteiger partial charge in [0.25, 0.3) is 5.91 Å². The number of primary amides is 1. The summed E-state index contributed by atoms with van der Waals surface area (Å²) in [6.07, 6.45) is 8.13. The van der Waals surface area contributed by atoms with Crippen molar-refractivity contribution in [3.63, 3.8) is 0 Å². The highest BCUT2D eigenvalue weighted by Gasteiger charge is 2.35. The van der Waals surface area contributed by atoms with Gasteiger partial charge < -0.3 is 26.0 Å². The van der Waals surface area contributed by atoms with E-state index in [9.17, 15) is 4.79 Å². The van der Waals surface area contributed by atoms with Crippen LogP contribution in [0.5, 0.6) is 5.75 Å². The normalized spacial score (nSPS) is 20.4. The van der Waals surface area contributed by atoms with Crippen LogP contribution in [0.4, 0.5) is 5.69 Å². The van der Waals surface area contributed by atoms with Crippen molar-refractivity contribution in [2.75, 3.05) is 31.6 Å². The van der Waals surface area contributed by atoms with Gasteiger partial charge in [-0.3, -0.25) is 4.79 Å². The van der Waals surface area contributed by atoms with Crippen molar-refractivity contribution in [3.05, 3.63) is 70.9 Å². The third-order valence-electron chi connectivity index (χ3n) is 6.46. The molecule has 2 aliphatic rings. The van der Waals surface area contributed by atoms with Gasteiger partial charge in [-0.15, -0.1) is 0 Å². The van der Waals surface area contributed by atoms with Gasteiger partial charge in [0.1, 0.15) is 5.75 Å². The van der Waals surface area contributed by atoms with Crippen molar-refractivity contribution in [3.8, 4) is 5.75 Å². The molecule has 2 aromatic rings. The average molecular weight is 462 g/mol. The summed E-state index contributed by atoms with van der Waals surface area (Å²) in [5.74, 6) is -0.680. The number of ether oxygens (including phenoxy) is 1. The summed E-state index contributed by atoms with van der Waals surface area (Å²) in [7, 11) is 0. The molecule has 0 spiro atoms. The van der Waals surface area contributed by atoms with Crippen molar-refractivity contribution >= 4 is 17.8 Å². The molecule has 0 saturated carbocycles. The minimum atomic E-state index is -0.971. The molecular weight excluding hydrogens is 426 g/mol. The number of aliphatic imine (C=N–C) groups is 1. The molecule has 180 valence electrons. The highest BCUT2D eigenvalue weighted by molar-refractivity contribution is 6.11. The van der Waals surface area contributed by atoms with Crippen LogP contribution < -0.4 is 21.1 Å². The van der Waals surface area contributed by atoms with Gasteiger partial charge in [-0.25, -0.2) is 4.99 Å². The van der Waals surface area contributed by atoms with Crippen LogP contribution in [-0.4, -0.2) is 43.3 Å². The molecule has 1 saturated heterocycles. The van der Waals surface area contributed by atoms with Gasteiger partial charge in [-0.05, 0) is 69.5 Å². The Bertz CT molecular complexity index is 1050. The number of amides is 1. The number of nitrogens with one attached hydrogen (secondary N) is 2. The molecule has 7 nitrogen and oxygen atoms in total. The molecule has 0 aliphatic carbocycles. The molecule has 2 aromatic carbocycles. The minimum Gasteiger partial charge on any atom is -0.493 e. The molecule has 7 heteroatoms. The molecule has 0 bridgehead atoms. The Labute approximate surface area is 202 Å². The largest absolute Gasteiger partial charge is 0.493 e. The fourth-order valence-corrected chi connectivity index (χ4v) is 4.74. The molecule has 1 fully saturated rings. The first-order valence-corrected chi connectivity index (χ1v) is 12.1. The third kappa shape index (κ3) is 5.59. The highest BCUT2D eigenvalue weighted by Crippen LogP contribution is 2.33. The van der Waals surface area contributed by atoms with Crippen LogP contribution in [0.25, 0.3) is 0 Å². The molecule has 4 N–H and O–H groups in total. The highest BCUT2D eigenvalue weighted by atomic mass is 16.5. The molecule has 1 atom stereocenters. The van der Waals surface area contributed by atoms with Gasteiger partial charge >= 0.3 is 0 Å². The second kappa shape index (κ2) is 10.7. The Hall–Kier alpha value is -3.32. The maximum absolute atomic E-state index is 11.6. The van der Waals surface area contributed by atoms with E-state index in [1.165, 1.54) is 38.6 Å². The van der Waals surface area contributed by atoms with Crippen molar-refractivity contribution in [1.29, 1.82) is 0 Å². The van der Waals surface area contributed by atoms with Crippen LogP contribution in [0.15, 0.2) is 59.2 Å². The first kappa shape index (κ1) is 23.8. The molecule has 2 aliphatic heterocycles. The van der Waals surface area contributed by atoms with E-state index in [-0.39, 0.29) is 0 Å². The van der Waals surface area contributed by atoms with Crippen LogP contribution in [0.3, 0.4) is 0 Å². The molecule has 1 unspecified atom stereocenters. The Kier molecular flexibility index (Phi) is 7.53. The van der Waals surface area contributed by atoms with E-state index in [1.807, 2.05) is 30.3 Å². The standard InChI is InChI=1S/C27H35N5O2/c1-20-9-6-10-21(2)25(20)27(29-18-22(19-30-27)26(28)33)31-23-11-7-12-24(17-23)34-16-8-15-32-13-4-3-5-14-32/h6-7,9-12,17-19,29,31H,3-5,8,13-16H2,1-2H3,(H2,28,33). The zero-order chi connectivity index (χ0) is 24.0. The number of hydrogen-bond acceptors (Lipinski definition) is 6. The number of rotatable bonds is 9. The molecule has 1 amide bonds. The summed E-state index contributed by atoms with van der Waals surface area (Å²) in [5, 5.41) is 6.84. The van der Waals surface area contributed by atoms with Gasteiger partial charge in [-0.2, -0.15) is 0 Å². The lowest BCUT2D eigenvalue weighted by atomic mass is 9.95. The monoisotopic (exact) mass is 461 g/mol. The smallest absolute Gasteiger partial charge is 0.251 e. The summed E-state index contributed by atoms with van der Waals surface area (Å²) in [6, 6.07) is 14.0. The van der Waals surface area contributed by atoms with Crippen LogP contribution in [-0.2, 0) is 10.6 Å². The number of anilines is 1. The lowest BCUT2D eigenvalue weighted by Crippen LogP contribution is -2.48. The topological polar surface area (TPSA) is 92.0 Å². The van der Waals surface area contributed by atoms with Crippen molar-refractivity contribution < 1.29 is 9.53 Å². The predicted octanol–water partition coefficient (Wildman–Crippen LogP) is 3.82. The van der Waals surface area contributed by atoms with Gasteiger partial charge in [0.05, 0.1) is 12.2 Å². The molecule has 0 aromatic heterocycles. The van der Waals surface area contributed by atoms with E-state index < -0.39 is 11.7 Å². The SMILES string of the molecule is Cc1cccc(C)c1C1(Nc2cccc(OCCCN3CCCCC3)c2)N=CC(C(N)=O)=CN1. The van der Waals surface area contributed by atoms with E-state index >= 15 is 0 Å². The van der Waals surface area contributed by atoms with Crippen LogP contribution >= 0.6 is 0 Å². The third-order valence-corrected chi connectivity index (χ3v) is 6.46. The second-order valence-electron chi connectivity index (χ2n) is 9.10. The van der Waals surface area contributed by atoms with Crippen molar-refractivity contribution in [2.24, 2.45) is 10.7 Å². The predicted molar refractivity (Wildman–Crippen MR) is 137 cm³/mol. The molecule has 34 heavy (non-hydrogen) atoms. The molecule has 0 radical (unpaired) electrons. The summed E-state index contributed by atoms with van der Waals surface area (Å²) >= 11 is 0. The molecular formula is C27H35N5O2. The van der Waals surface area contributed by atoms with Gasteiger partial charge in [-0.1, -0.05) is 30.7 Å². The summed E-state index contributed by atoms with van der Waals surface area (Å²) in [4.78, 5) is 18.9. The van der Waals surface area contributed by atoms with Gasteiger partial charge in [0, 0.05) is 36.3 Å². The van der Waals surface area contributed by atoms with E-state index in [0.29, 0.717) is 12.2 Å². The van der Waals surface area contributed by atoms with Crippen LogP contribution in [0.2, 0.25) is 0 Å². The molecule has 4 rings (SSSR count). The summed E-state index contributed by atoms with van der Waals surface area (Å²) in [6.45, 7) is 8.29. The number of benzene rings is 2. The Morgan fingerprint density at radius 2 is 1.88 bits per heavy atom. The zero-order valence-electron chi connectivity index (χ0n) is 20.1. The van der Waals surface area contributed by atoms with Gasteiger partial charge in [0.2, 0.25) is 5.79 Å². The first-order valence-electron chi connectivity index (χ1n) is 12.1. The van der Waals surface area contributed by atoms with Crippen molar-refractivity contribution in [2.45, 2.75) is 45.3 Å². The number of carbonyl (C=O) groups is 1. The fraction of sp³-hybridized carbons (Fsp3) is 0.407. The number of likely N-dealkylation sites (tertiary alicyclic amines) is 1. The lowest BCUT2D eigenvalue weighted by Gasteiger charge is -2.37. The second-order valence-corrected chi connectivity index (χ2v) is 9.10. The maximum Gasteiger partial charge on any atom is 0.251 e. The van der Waals surface area contributed by atoms with E-state index in [4.69, 9.17) is 15.5 Å². The number of carbonyl (C=O) groups excluding carboxylic acids is 1. The Morgan fingerprint density at radius 1 is 1.15 bits per heavy atom. The minimum absolute atomic E-state index is 0.328.